The van der Waals surface area contributed by atoms with Crippen LogP contribution in [0.4, 0.5) is 0 Å². The molecule has 0 bridgehead atoms. The van der Waals surface area contributed by atoms with Crippen LogP contribution in [-0.2, 0) is 13.0 Å². The predicted octanol–water partition coefficient (Wildman–Crippen LogP) is 3.93. The van der Waals surface area contributed by atoms with Gasteiger partial charge in [-0.05, 0) is 24.1 Å². The average Bonchev–Trinajstić information content (AvgIpc) is 2.61. The Balaban J connectivity index is 1.74. The van der Waals surface area contributed by atoms with Gasteiger partial charge < -0.3 is 5.11 Å². The van der Waals surface area contributed by atoms with Crippen LogP contribution in [0, 0.1) is 0 Å². The maximum Gasteiger partial charge on any atom is 0.134 e. The molecule has 0 fully saturated rings. The lowest BCUT2D eigenvalue weighted by Gasteiger charge is -2.22. The van der Waals surface area contributed by atoms with E-state index in [1.54, 1.807) is 0 Å². The Morgan fingerprint density at radius 1 is 0.958 bits per heavy atom. The Morgan fingerprint density at radius 3 is 2.50 bits per heavy atom. The van der Waals surface area contributed by atoms with Gasteiger partial charge in [-0.15, -0.1) is 0 Å². The molecule has 1 N–H and O–H groups in total. The fourth-order valence-corrected chi connectivity index (χ4v) is 3.04. The number of fused-ring (bicyclic) bond motifs is 1. The molecule has 124 valence electrons. The molecule has 0 saturated carbocycles. The van der Waals surface area contributed by atoms with Gasteiger partial charge in [0.2, 0.25) is 0 Å². The number of hydrogen-bond donors (Lipinski definition) is 1. The normalized spacial score (nSPS) is 11.3. The van der Waals surface area contributed by atoms with Crippen LogP contribution in [0.15, 0.2) is 60.7 Å². The number of benzene rings is 2. The largest absolute Gasteiger partial charge is 0.395 e. The van der Waals surface area contributed by atoms with Crippen LogP contribution in [0.25, 0.3) is 10.9 Å². The smallest absolute Gasteiger partial charge is 0.134 e. The maximum absolute atomic E-state index is 9.36. The minimum atomic E-state index is 0.132. The highest BCUT2D eigenvalue weighted by atomic mass is 35.5. The molecule has 4 heteroatoms. The lowest BCUT2D eigenvalue weighted by Crippen LogP contribution is -2.29. The summed E-state index contributed by atoms with van der Waals surface area (Å²) in [6.07, 6.45) is 0.944. The van der Waals surface area contributed by atoms with Crippen molar-refractivity contribution in [3.05, 3.63) is 76.9 Å². The number of pyridine rings is 1. The summed E-state index contributed by atoms with van der Waals surface area (Å²) < 4.78 is 0. The number of halogens is 1. The van der Waals surface area contributed by atoms with Crippen LogP contribution in [0.1, 0.15) is 11.1 Å². The molecule has 3 aromatic rings. The van der Waals surface area contributed by atoms with Crippen LogP contribution >= 0.6 is 11.6 Å². The van der Waals surface area contributed by atoms with E-state index in [1.165, 1.54) is 5.56 Å². The minimum absolute atomic E-state index is 0.132. The molecule has 0 aliphatic carbocycles. The van der Waals surface area contributed by atoms with E-state index >= 15 is 0 Å². The van der Waals surface area contributed by atoms with Crippen molar-refractivity contribution in [2.45, 2.75) is 13.0 Å². The van der Waals surface area contributed by atoms with Crippen LogP contribution in [-0.4, -0.2) is 34.7 Å². The first kappa shape index (κ1) is 16.9. The molecule has 0 unspecified atom stereocenters. The van der Waals surface area contributed by atoms with Crippen LogP contribution in [0.3, 0.4) is 0 Å². The molecule has 0 radical (unpaired) electrons. The zero-order valence-electron chi connectivity index (χ0n) is 13.5. The number of rotatable bonds is 7. The second-order valence-corrected chi connectivity index (χ2v) is 6.22. The second-order valence-electron chi connectivity index (χ2n) is 5.87. The van der Waals surface area contributed by atoms with Crippen molar-refractivity contribution in [2.24, 2.45) is 0 Å². The van der Waals surface area contributed by atoms with Crippen molar-refractivity contribution >= 4 is 22.5 Å². The molecule has 24 heavy (non-hydrogen) atoms. The van der Waals surface area contributed by atoms with E-state index in [1.807, 2.05) is 30.3 Å². The molecule has 0 aliphatic rings. The van der Waals surface area contributed by atoms with E-state index in [9.17, 15) is 5.11 Å². The van der Waals surface area contributed by atoms with E-state index in [2.05, 4.69) is 40.2 Å². The van der Waals surface area contributed by atoms with Crippen molar-refractivity contribution in [3.8, 4) is 0 Å². The molecule has 3 rings (SSSR count). The molecule has 1 aromatic heterocycles. The highest BCUT2D eigenvalue weighted by Gasteiger charge is 2.11. The third-order valence-corrected chi connectivity index (χ3v) is 4.45. The number of aliphatic hydroxyl groups is 1. The highest BCUT2D eigenvalue weighted by Crippen LogP contribution is 2.22. The number of hydrogen-bond acceptors (Lipinski definition) is 3. The minimum Gasteiger partial charge on any atom is -0.395 e. The molecular formula is C20H21ClN2O. The van der Waals surface area contributed by atoms with Crippen molar-refractivity contribution in [1.29, 1.82) is 0 Å². The Kier molecular flexibility index (Phi) is 5.81. The van der Waals surface area contributed by atoms with Gasteiger partial charge in [-0.3, -0.25) is 4.90 Å². The summed E-state index contributed by atoms with van der Waals surface area (Å²) >= 11 is 6.36. The molecule has 2 aromatic carbocycles. The third-order valence-electron chi connectivity index (χ3n) is 4.12. The molecule has 0 saturated heterocycles. The van der Waals surface area contributed by atoms with Gasteiger partial charge in [-0.2, -0.15) is 0 Å². The number of nitrogens with zero attached hydrogens (tertiary/aromatic N) is 2. The van der Waals surface area contributed by atoms with Crippen molar-refractivity contribution < 1.29 is 5.11 Å². The lowest BCUT2D eigenvalue weighted by molar-refractivity contribution is 0.191. The highest BCUT2D eigenvalue weighted by molar-refractivity contribution is 6.30. The van der Waals surface area contributed by atoms with Crippen molar-refractivity contribution in [1.82, 2.24) is 9.88 Å². The van der Waals surface area contributed by atoms with Gasteiger partial charge in [-0.25, -0.2) is 4.98 Å². The summed E-state index contributed by atoms with van der Waals surface area (Å²) in [6, 6.07) is 20.4. The fraction of sp³-hybridized carbons (Fsp3) is 0.250. The topological polar surface area (TPSA) is 36.4 Å². The summed E-state index contributed by atoms with van der Waals surface area (Å²) in [6.45, 7) is 2.31. The van der Waals surface area contributed by atoms with Gasteiger partial charge in [0.05, 0.1) is 12.1 Å². The fourth-order valence-electron chi connectivity index (χ4n) is 2.83. The van der Waals surface area contributed by atoms with E-state index in [4.69, 9.17) is 11.6 Å². The predicted molar refractivity (Wildman–Crippen MR) is 99.3 cm³/mol. The van der Waals surface area contributed by atoms with E-state index in [0.717, 1.165) is 29.4 Å². The van der Waals surface area contributed by atoms with Gasteiger partial charge >= 0.3 is 0 Å². The molecule has 0 atom stereocenters. The molecule has 3 nitrogen and oxygen atoms in total. The van der Waals surface area contributed by atoms with Gasteiger partial charge in [0.15, 0.2) is 0 Å². The van der Waals surface area contributed by atoms with Gasteiger partial charge in [0.25, 0.3) is 0 Å². The first-order chi connectivity index (χ1) is 11.8. The summed E-state index contributed by atoms with van der Waals surface area (Å²) in [5.41, 5.74) is 3.20. The number of aromatic nitrogens is 1. The Labute approximate surface area is 147 Å². The van der Waals surface area contributed by atoms with Crippen molar-refractivity contribution in [2.75, 3.05) is 19.7 Å². The summed E-state index contributed by atoms with van der Waals surface area (Å²) in [7, 11) is 0. The van der Waals surface area contributed by atoms with Crippen LogP contribution in [0.2, 0.25) is 5.15 Å². The Bertz CT molecular complexity index is 792. The third kappa shape index (κ3) is 4.32. The molecular weight excluding hydrogens is 320 g/mol. The summed E-state index contributed by atoms with van der Waals surface area (Å²) in [5.74, 6) is 0. The van der Waals surface area contributed by atoms with E-state index in [-0.39, 0.29) is 6.61 Å². The van der Waals surface area contributed by atoms with Crippen LogP contribution in [0.5, 0.6) is 0 Å². The van der Waals surface area contributed by atoms with E-state index < -0.39 is 0 Å². The lowest BCUT2D eigenvalue weighted by atomic mass is 10.1. The SMILES string of the molecule is OCCN(CCc1ccccc1)Cc1cc2ccccc2nc1Cl. The van der Waals surface area contributed by atoms with Crippen LogP contribution < -0.4 is 0 Å². The summed E-state index contributed by atoms with van der Waals surface area (Å²) in [4.78, 5) is 6.70. The quantitative estimate of drug-likeness (QED) is 0.662. The zero-order chi connectivity index (χ0) is 16.8. The number of aliphatic hydroxyl groups excluding tert-OH is 1. The first-order valence-corrected chi connectivity index (χ1v) is 8.55. The standard InChI is InChI=1S/C20H21ClN2O/c21-20-18(14-17-8-4-5-9-19(17)22-20)15-23(12-13-24)11-10-16-6-2-1-3-7-16/h1-9,14,24H,10-13,15H2. The second kappa shape index (κ2) is 8.25. The Hall–Kier alpha value is -1.94. The summed E-state index contributed by atoms with van der Waals surface area (Å²) in [5, 5.41) is 11.0. The zero-order valence-corrected chi connectivity index (χ0v) is 14.3. The van der Waals surface area contributed by atoms with E-state index in [0.29, 0.717) is 18.2 Å². The molecule has 0 amide bonds. The van der Waals surface area contributed by atoms with Gasteiger partial charge in [0, 0.05) is 30.6 Å². The molecule has 0 aliphatic heterocycles. The van der Waals surface area contributed by atoms with Gasteiger partial charge in [-0.1, -0.05) is 60.1 Å². The Morgan fingerprint density at radius 2 is 1.71 bits per heavy atom. The van der Waals surface area contributed by atoms with Crippen molar-refractivity contribution in [3.63, 3.8) is 0 Å². The maximum atomic E-state index is 9.36. The first-order valence-electron chi connectivity index (χ1n) is 8.17. The number of para-hydroxylation sites is 1. The van der Waals surface area contributed by atoms with Gasteiger partial charge in [0.1, 0.15) is 5.15 Å². The molecule has 1 heterocycles. The average molecular weight is 341 g/mol. The molecule has 0 spiro atoms. The monoisotopic (exact) mass is 340 g/mol.